The van der Waals surface area contributed by atoms with Gasteiger partial charge in [-0.15, -0.1) is 0 Å². The molecule has 0 radical (unpaired) electrons. The van der Waals surface area contributed by atoms with Gasteiger partial charge in [-0.25, -0.2) is 4.98 Å². The lowest BCUT2D eigenvalue weighted by Gasteiger charge is -2.10. The summed E-state index contributed by atoms with van der Waals surface area (Å²) in [5.41, 5.74) is 1.16. The molecule has 6 nitrogen and oxygen atoms in total. The van der Waals surface area contributed by atoms with Crippen molar-refractivity contribution in [3.63, 3.8) is 0 Å². The number of amides is 1. The number of oxazole rings is 1. The minimum Gasteiger partial charge on any atom is -0.491 e. The SMILES string of the molecule is CC(C)Oc1ccc(CNC(=O)c2ncoc2-c2ccco2)cc1. The molecule has 24 heavy (non-hydrogen) atoms. The lowest BCUT2D eigenvalue weighted by molar-refractivity contribution is 0.0946. The van der Waals surface area contributed by atoms with Crippen molar-refractivity contribution < 1.29 is 18.4 Å². The van der Waals surface area contributed by atoms with Crippen molar-refractivity contribution in [1.82, 2.24) is 10.3 Å². The minimum atomic E-state index is -0.322. The van der Waals surface area contributed by atoms with E-state index in [0.717, 1.165) is 11.3 Å². The highest BCUT2D eigenvalue weighted by Gasteiger charge is 2.19. The number of aromatic nitrogens is 1. The fourth-order valence-electron chi connectivity index (χ4n) is 2.21. The Kier molecular flexibility index (Phi) is 4.65. The second kappa shape index (κ2) is 7.04. The fraction of sp³-hybridized carbons (Fsp3) is 0.222. The maximum atomic E-state index is 12.3. The lowest BCUT2D eigenvalue weighted by Crippen LogP contribution is -2.23. The van der Waals surface area contributed by atoms with E-state index >= 15 is 0 Å². The maximum Gasteiger partial charge on any atom is 0.274 e. The molecule has 124 valence electrons. The zero-order chi connectivity index (χ0) is 16.9. The topological polar surface area (TPSA) is 77.5 Å². The highest BCUT2D eigenvalue weighted by atomic mass is 16.5. The molecule has 0 aliphatic carbocycles. The summed E-state index contributed by atoms with van der Waals surface area (Å²) in [7, 11) is 0. The van der Waals surface area contributed by atoms with Crippen LogP contribution in [0.15, 0.2) is 57.9 Å². The number of hydrogen-bond donors (Lipinski definition) is 1. The van der Waals surface area contributed by atoms with E-state index in [4.69, 9.17) is 13.6 Å². The Morgan fingerprint density at radius 1 is 1.21 bits per heavy atom. The van der Waals surface area contributed by atoms with Gasteiger partial charge in [-0.2, -0.15) is 0 Å². The zero-order valence-electron chi connectivity index (χ0n) is 13.5. The first-order chi connectivity index (χ1) is 11.6. The van der Waals surface area contributed by atoms with Crippen LogP contribution in [0.3, 0.4) is 0 Å². The molecule has 0 aliphatic heterocycles. The van der Waals surface area contributed by atoms with Crippen LogP contribution in [0.1, 0.15) is 29.9 Å². The van der Waals surface area contributed by atoms with Gasteiger partial charge in [-0.1, -0.05) is 12.1 Å². The maximum absolute atomic E-state index is 12.3. The number of carbonyl (C=O) groups is 1. The van der Waals surface area contributed by atoms with Crippen LogP contribution in [0, 0.1) is 0 Å². The van der Waals surface area contributed by atoms with E-state index < -0.39 is 0 Å². The number of furan rings is 1. The summed E-state index contributed by atoms with van der Waals surface area (Å²) in [4.78, 5) is 16.3. The van der Waals surface area contributed by atoms with Gasteiger partial charge in [0.05, 0.1) is 12.4 Å². The molecule has 2 aromatic heterocycles. The van der Waals surface area contributed by atoms with Crippen molar-refractivity contribution in [3.05, 3.63) is 60.3 Å². The summed E-state index contributed by atoms with van der Waals surface area (Å²) in [5.74, 6) is 1.26. The first kappa shape index (κ1) is 15.9. The molecule has 3 rings (SSSR count). The molecule has 0 spiro atoms. The van der Waals surface area contributed by atoms with Crippen molar-refractivity contribution in [1.29, 1.82) is 0 Å². The number of nitrogens with zero attached hydrogens (tertiary/aromatic N) is 1. The van der Waals surface area contributed by atoms with Crippen LogP contribution >= 0.6 is 0 Å². The normalized spacial score (nSPS) is 10.8. The molecule has 6 heteroatoms. The summed E-state index contributed by atoms with van der Waals surface area (Å²) >= 11 is 0. The van der Waals surface area contributed by atoms with Gasteiger partial charge < -0.3 is 18.9 Å². The Morgan fingerprint density at radius 3 is 2.67 bits per heavy atom. The third-order valence-electron chi connectivity index (χ3n) is 3.28. The van der Waals surface area contributed by atoms with Crippen LogP contribution in [0.4, 0.5) is 0 Å². The molecule has 0 fully saturated rings. The van der Waals surface area contributed by atoms with Crippen LogP contribution in [-0.4, -0.2) is 17.0 Å². The van der Waals surface area contributed by atoms with Gasteiger partial charge in [0, 0.05) is 6.54 Å². The Labute approximate surface area is 139 Å². The molecule has 0 bridgehead atoms. The highest BCUT2D eigenvalue weighted by molar-refractivity contribution is 5.97. The number of nitrogens with one attached hydrogen (secondary N) is 1. The first-order valence-electron chi connectivity index (χ1n) is 7.64. The van der Waals surface area contributed by atoms with Gasteiger partial charge in [0.15, 0.2) is 17.8 Å². The zero-order valence-corrected chi connectivity index (χ0v) is 13.5. The van der Waals surface area contributed by atoms with E-state index in [2.05, 4.69) is 10.3 Å². The van der Waals surface area contributed by atoms with Gasteiger partial charge in [0.25, 0.3) is 5.91 Å². The second-order valence-electron chi connectivity index (χ2n) is 5.50. The second-order valence-corrected chi connectivity index (χ2v) is 5.50. The quantitative estimate of drug-likeness (QED) is 0.748. The van der Waals surface area contributed by atoms with Crippen LogP contribution in [0.25, 0.3) is 11.5 Å². The Balaban J connectivity index is 1.63. The van der Waals surface area contributed by atoms with E-state index in [-0.39, 0.29) is 17.7 Å². The van der Waals surface area contributed by atoms with Crippen molar-refractivity contribution in [2.75, 3.05) is 0 Å². The predicted octanol–water partition coefficient (Wildman–Crippen LogP) is 3.65. The monoisotopic (exact) mass is 326 g/mol. The van der Waals surface area contributed by atoms with Crippen LogP contribution in [0.5, 0.6) is 5.75 Å². The molecule has 0 saturated heterocycles. The van der Waals surface area contributed by atoms with Crippen molar-refractivity contribution in [2.45, 2.75) is 26.5 Å². The first-order valence-corrected chi connectivity index (χ1v) is 7.64. The Hall–Kier alpha value is -3.02. The van der Waals surface area contributed by atoms with Crippen molar-refractivity contribution in [2.24, 2.45) is 0 Å². The summed E-state index contributed by atoms with van der Waals surface area (Å²) in [6, 6.07) is 11.0. The average molecular weight is 326 g/mol. The molecule has 0 unspecified atom stereocenters. The third-order valence-corrected chi connectivity index (χ3v) is 3.28. The number of benzene rings is 1. The summed E-state index contributed by atoms with van der Waals surface area (Å²) < 4.78 is 16.1. The summed E-state index contributed by atoms with van der Waals surface area (Å²) in [6.45, 7) is 4.33. The van der Waals surface area contributed by atoms with E-state index in [1.807, 2.05) is 38.1 Å². The molecule has 2 heterocycles. The van der Waals surface area contributed by atoms with Gasteiger partial charge in [0.2, 0.25) is 5.76 Å². The van der Waals surface area contributed by atoms with E-state index in [1.165, 1.54) is 12.7 Å². The largest absolute Gasteiger partial charge is 0.491 e. The number of rotatable bonds is 6. The molecule has 0 saturated carbocycles. The molecule has 1 amide bonds. The molecule has 0 atom stereocenters. The summed E-state index contributed by atoms with van der Waals surface area (Å²) in [6.07, 6.45) is 2.87. The van der Waals surface area contributed by atoms with Gasteiger partial charge in [-0.05, 0) is 43.7 Å². The highest BCUT2D eigenvalue weighted by Crippen LogP contribution is 2.23. The molecule has 1 N–H and O–H groups in total. The Morgan fingerprint density at radius 2 is 2.00 bits per heavy atom. The fourth-order valence-corrected chi connectivity index (χ4v) is 2.21. The van der Waals surface area contributed by atoms with Crippen LogP contribution in [-0.2, 0) is 6.54 Å². The van der Waals surface area contributed by atoms with Gasteiger partial charge >= 0.3 is 0 Å². The summed E-state index contributed by atoms with van der Waals surface area (Å²) in [5, 5.41) is 2.82. The average Bonchev–Trinajstić information content (AvgIpc) is 3.24. The predicted molar refractivity (Wildman–Crippen MR) is 87.6 cm³/mol. The van der Waals surface area contributed by atoms with E-state index in [9.17, 15) is 4.79 Å². The van der Waals surface area contributed by atoms with Gasteiger partial charge in [0.1, 0.15) is 5.75 Å². The molecular formula is C18H18N2O4. The van der Waals surface area contributed by atoms with Gasteiger partial charge in [-0.3, -0.25) is 4.79 Å². The third kappa shape index (κ3) is 3.65. The van der Waals surface area contributed by atoms with Crippen LogP contribution in [0.2, 0.25) is 0 Å². The van der Waals surface area contributed by atoms with E-state index in [0.29, 0.717) is 18.1 Å². The van der Waals surface area contributed by atoms with Crippen molar-refractivity contribution in [3.8, 4) is 17.3 Å². The van der Waals surface area contributed by atoms with Crippen molar-refractivity contribution >= 4 is 5.91 Å². The number of ether oxygens (including phenoxy) is 1. The minimum absolute atomic E-state index is 0.128. The molecule has 0 aliphatic rings. The van der Waals surface area contributed by atoms with E-state index in [1.54, 1.807) is 12.1 Å². The Bertz CT molecular complexity index is 789. The lowest BCUT2D eigenvalue weighted by atomic mass is 10.2. The number of hydrogen-bond acceptors (Lipinski definition) is 5. The molecule has 1 aromatic carbocycles. The number of carbonyl (C=O) groups excluding carboxylic acids is 1. The molecular weight excluding hydrogens is 308 g/mol. The van der Waals surface area contributed by atoms with Crippen LogP contribution < -0.4 is 10.1 Å². The molecule has 3 aromatic rings. The smallest absolute Gasteiger partial charge is 0.274 e. The standard InChI is InChI=1S/C18H18N2O4/c1-12(2)24-14-7-5-13(6-8-14)10-19-18(21)16-17(23-11-20-16)15-4-3-9-22-15/h3-9,11-12H,10H2,1-2H3,(H,19,21).